The summed E-state index contributed by atoms with van der Waals surface area (Å²) in [5.41, 5.74) is -1.11. The lowest BCUT2D eigenvalue weighted by molar-refractivity contribution is -0.139. The average molecular weight is 331 g/mol. The van der Waals surface area contributed by atoms with Gasteiger partial charge in [-0.2, -0.15) is 0 Å². The summed E-state index contributed by atoms with van der Waals surface area (Å²) >= 11 is 0. The molecule has 2 N–H and O–H groups in total. The van der Waals surface area contributed by atoms with Gasteiger partial charge in [0.05, 0.1) is 7.11 Å². The predicted octanol–water partition coefficient (Wildman–Crippen LogP) is 2.49. The Balaban J connectivity index is 3.00. The van der Waals surface area contributed by atoms with Crippen molar-refractivity contribution in [3.63, 3.8) is 0 Å². The van der Waals surface area contributed by atoms with Crippen molar-refractivity contribution in [3.8, 4) is 5.75 Å². The molecule has 0 heterocycles. The van der Waals surface area contributed by atoms with Gasteiger partial charge in [-0.15, -0.1) is 0 Å². The number of ether oxygens (including phenoxy) is 2. The normalized spacial score (nSPS) is 12.4. The van der Waals surface area contributed by atoms with E-state index in [1.807, 2.05) is 0 Å². The summed E-state index contributed by atoms with van der Waals surface area (Å²) in [5, 5.41) is 11.3. The first-order valence-corrected chi connectivity index (χ1v) is 6.78. The molecule has 128 valence electrons. The second kappa shape index (κ2) is 7.26. The van der Waals surface area contributed by atoms with Gasteiger partial charge in [-0.05, 0) is 32.9 Å². The maximum atomic E-state index is 13.9. The fourth-order valence-electron chi connectivity index (χ4n) is 1.81. The minimum atomic E-state index is -1.50. The van der Waals surface area contributed by atoms with Gasteiger partial charge in [0, 0.05) is 12.0 Å². The van der Waals surface area contributed by atoms with Crippen molar-refractivity contribution in [3.05, 3.63) is 29.3 Å². The Morgan fingerprint density at radius 3 is 2.39 bits per heavy atom. The van der Waals surface area contributed by atoms with Gasteiger partial charge < -0.3 is 19.9 Å². The number of alkyl carbamates (subject to hydrolysis) is 1. The molecule has 1 atom stereocenters. The second-order valence-electron chi connectivity index (χ2n) is 5.78. The van der Waals surface area contributed by atoms with E-state index in [2.05, 4.69) is 5.32 Å². The number of aliphatic carboxylic acids is 1. The van der Waals surface area contributed by atoms with Crippen molar-refractivity contribution in [2.75, 3.05) is 7.11 Å². The molecule has 0 aromatic heterocycles. The Morgan fingerprint density at radius 1 is 1.30 bits per heavy atom. The first-order chi connectivity index (χ1) is 10.5. The van der Waals surface area contributed by atoms with Crippen LogP contribution in [-0.4, -0.2) is 35.9 Å². The Morgan fingerprint density at radius 2 is 1.91 bits per heavy atom. The van der Waals surface area contributed by atoms with Gasteiger partial charge in [0.15, 0.2) is 11.6 Å². The summed E-state index contributed by atoms with van der Waals surface area (Å²) in [4.78, 5) is 22.9. The number of rotatable bonds is 5. The van der Waals surface area contributed by atoms with Crippen LogP contribution >= 0.6 is 0 Å². The fraction of sp³-hybridized carbons (Fsp3) is 0.467. The monoisotopic (exact) mass is 331 g/mol. The summed E-state index contributed by atoms with van der Waals surface area (Å²) in [6.45, 7) is 4.83. The molecular weight excluding hydrogens is 312 g/mol. The molecule has 8 heteroatoms. The number of benzene rings is 1. The van der Waals surface area contributed by atoms with Gasteiger partial charge in [-0.1, -0.05) is 0 Å². The molecular formula is C15H19F2NO5. The van der Waals surface area contributed by atoms with Crippen molar-refractivity contribution in [1.29, 1.82) is 0 Å². The number of nitrogens with one attached hydrogen (secondary N) is 1. The van der Waals surface area contributed by atoms with E-state index in [1.165, 1.54) is 13.2 Å². The SMILES string of the molecule is COc1ccc(F)c(F)c1CC(NC(=O)OC(C)(C)C)C(=O)O. The molecule has 1 aromatic rings. The summed E-state index contributed by atoms with van der Waals surface area (Å²) < 4.78 is 37.1. The fourth-order valence-corrected chi connectivity index (χ4v) is 1.81. The number of carboxylic acids is 1. The molecule has 0 spiro atoms. The lowest BCUT2D eigenvalue weighted by Crippen LogP contribution is -2.44. The first-order valence-electron chi connectivity index (χ1n) is 6.78. The van der Waals surface area contributed by atoms with Crippen molar-refractivity contribution in [1.82, 2.24) is 5.32 Å². The number of carbonyl (C=O) groups excluding carboxylic acids is 1. The molecule has 6 nitrogen and oxygen atoms in total. The van der Waals surface area contributed by atoms with Crippen molar-refractivity contribution < 1.29 is 33.0 Å². The van der Waals surface area contributed by atoms with Gasteiger partial charge in [-0.3, -0.25) is 0 Å². The lowest BCUT2D eigenvalue weighted by Gasteiger charge is -2.22. The van der Waals surface area contributed by atoms with Crippen LogP contribution in [0.5, 0.6) is 5.75 Å². The van der Waals surface area contributed by atoms with E-state index in [-0.39, 0.29) is 11.3 Å². The van der Waals surface area contributed by atoms with Crippen LogP contribution in [0.2, 0.25) is 0 Å². The number of halogens is 2. The van der Waals surface area contributed by atoms with Crippen molar-refractivity contribution >= 4 is 12.1 Å². The maximum absolute atomic E-state index is 13.9. The summed E-state index contributed by atoms with van der Waals surface area (Å²) in [7, 11) is 1.24. The highest BCUT2D eigenvalue weighted by Crippen LogP contribution is 2.25. The van der Waals surface area contributed by atoms with E-state index < -0.39 is 41.8 Å². The number of carboxylic acid groups (broad SMARTS) is 1. The molecule has 0 fully saturated rings. The molecule has 0 saturated heterocycles. The van der Waals surface area contributed by atoms with E-state index in [9.17, 15) is 23.5 Å². The van der Waals surface area contributed by atoms with Gasteiger partial charge >= 0.3 is 12.1 Å². The summed E-state index contributed by atoms with van der Waals surface area (Å²) in [6.07, 6.45) is -1.47. The molecule has 0 aliphatic heterocycles. The third kappa shape index (κ3) is 5.39. The van der Waals surface area contributed by atoms with E-state index in [1.54, 1.807) is 20.8 Å². The van der Waals surface area contributed by atoms with Gasteiger partial charge in [-0.25, -0.2) is 18.4 Å². The molecule has 1 rings (SSSR count). The minimum absolute atomic E-state index is 0.0128. The highest BCUT2D eigenvalue weighted by molar-refractivity contribution is 5.80. The molecule has 0 saturated carbocycles. The average Bonchev–Trinajstić information content (AvgIpc) is 2.41. The van der Waals surface area contributed by atoms with E-state index >= 15 is 0 Å². The van der Waals surface area contributed by atoms with Gasteiger partial charge in [0.1, 0.15) is 17.4 Å². The number of amides is 1. The van der Waals surface area contributed by atoms with Crippen LogP contribution in [0.3, 0.4) is 0 Å². The largest absolute Gasteiger partial charge is 0.496 e. The second-order valence-corrected chi connectivity index (χ2v) is 5.78. The highest BCUT2D eigenvalue weighted by Gasteiger charge is 2.27. The Labute approximate surface area is 132 Å². The minimum Gasteiger partial charge on any atom is -0.496 e. The molecule has 0 aliphatic rings. The summed E-state index contributed by atoms with van der Waals surface area (Å²) in [5.74, 6) is -3.79. The smallest absolute Gasteiger partial charge is 0.408 e. The molecule has 1 amide bonds. The molecule has 1 unspecified atom stereocenters. The predicted molar refractivity (Wildman–Crippen MR) is 77.4 cm³/mol. The zero-order chi connectivity index (χ0) is 17.8. The van der Waals surface area contributed by atoms with E-state index in [4.69, 9.17) is 9.47 Å². The van der Waals surface area contributed by atoms with E-state index in [0.29, 0.717) is 0 Å². The third-order valence-corrected chi connectivity index (χ3v) is 2.77. The molecule has 0 aliphatic carbocycles. The van der Waals surface area contributed by atoms with Crippen LogP contribution in [0.25, 0.3) is 0 Å². The molecule has 0 bridgehead atoms. The van der Waals surface area contributed by atoms with Crippen LogP contribution in [0, 0.1) is 11.6 Å². The Hall–Kier alpha value is -2.38. The van der Waals surface area contributed by atoms with Crippen LogP contribution in [0.15, 0.2) is 12.1 Å². The summed E-state index contributed by atoms with van der Waals surface area (Å²) in [6, 6.07) is 0.546. The lowest BCUT2D eigenvalue weighted by atomic mass is 10.0. The topological polar surface area (TPSA) is 84.9 Å². The molecule has 1 aromatic carbocycles. The number of carbonyl (C=O) groups is 2. The zero-order valence-electron chi connectivity index (χ0n) is 13.3. The number of methoxy groups -OCH3 is 1. The first kappa shape index (κ1) is 18.7. The van der Waals surface area contributed by atoms with Crippen molar-refractivity contribution in [2.45, 2.75) is 38.8 Å². The van der Waals surface area contributed by atoms with E-state index in [0.717, 1.165) is 6.07 Å². The number of hydrogen-bond acceptors (Lipinski definition) is 4. The maximum Gasteiger partial charge on any atom is 0.408 e. The third-order valence-electron chi connectivity index (χ3n) is 2.77. The molecule has 0 radical (unpaired) electrons. The van der Waals surface area contributed by atoms with Crippen LogP contribution < -0.4 is 10.1 Å². The highest BCUT2D eigenvalue weighted by atomic mass is 19.2. The van der Waals surface area contributed by atoms with Crippen LogP contribution in [0.1, 0.15) is 26.3 Å². The number of hydrogen-bond donors (Lipinski definition) is 2. The van der Waals surface area contributed by atoms with Crippen LogP contribution in [-0.2, 0) is 16.0 Å². The van der Waals surface area contributed by atoms with Crippen LogP contribution in [0.4, 0.5) is 13.6 Å². The quantitative estimate of drug-likeness (QED) is 0.866. The van der Waals surface area contributed by atoms with Gasteiger partial charge in [0.2, 0.25) is 0 Å². The Bertz CT molecular complexity index is 598. The zero-order valence-corrected chi connectivity index (χ0v) is 13.3. The van der Waals surface area contributed by atoms with Gasteiger partial charge in [0.25, 0.3) is 0 Å². The Kier molecular flexibility index (Phi) is 5.89. The van der Waals surface area contributed by atoms with Crippen molar-refractivity contribution in [2.24, 2.45) is 0 Å². The molecule has 23 heavy (non-hydrogen) atoms. The standard InChI is InChI=1S/C15H19F2NO5/c1-15(2,3)23-14(21)18-10(13(19)20)7-8-11(22-4)6-5-9(16)12(8)17/h5-6,10H,7H2,1-4H3,(H,18,21)(H,19,20).